The van der Waals surface area contributed by atoms with E-state index in [0.29, 0.717) is 17.9 Å². The minimum atomic E-state index is -0.376. The summed E-state index contributed by atoms with van der Waals surface area (Å²) < 4.78 is 11.2. The number of hydrogen-bond donors (Lipinski definition) is 1. The van der Waals surface area contributed by atoms with E-state index in [9.17, 15) is 4.79 Å². The van der Waals surface area contributed by atoms with E-state index < -0.39 is 0 Å². The Hall–Kier alpha value is -4.11. The quantitative estimate of drug-likeness (QED) is 0.474. The number of ether oxygens (including phenoxy) is 2. The van der Waals surface area contributed by atoms with Gasteiger partial charge in [0.2, 0.25) is 0 Å². The number of hydrazone groups is 1. The third-order valence-electron chi connectivity index (χ3n) is 3.88. The molecule has 0 saturated heterocycles. The lowest BCUT2D eigenvalue weighted by Gasteiger charge is -2.08. The summed E-state index contributed by atoms with van der Waals surface area (Å²) in [6.07, 6.45) is 1.50. The molecule has 0 aliphatic heterocycles. The second-order valence-corrected chi connectivity index (χ2v) is 6.06. The molecule has 0 fully saturated rings. The van der Waals surface area contributed by atoms with E-state index in [0.717, 1.165) is 16.9 Å². The lowest BCUT2D eigenvalue weighted by atomic mass is 10.2. The molecule has 0 aromatic heterocycles. The van der Waals surface area contributed by atoms with Crippen LogP contribution in [0.25, 0.3) is 0 Å². The molecule has 0 bridgehead atoms. The summed E-state index contributed by atoms with van der Waals surface area (Å²) in [7, 11) is 0. The van der Waals surface area contributed by atoms with Gasteiger partial charge in [0.05, 0.1) is 17.8 Å². The van der Waals surface area contributed by atoms with Crippen molar-refractivity contribution >= 4 is 12.1 Å². The third kappa shape index (κ3) is 6.52. The number of carbonyl (C=O) groups excluding carboxylic acids is 1. The minimum Gasteiger partial charge on any atom is -0.489 e. The Kier molecular flexibility index (Phi) is 6.97. The molecule has 0 heterocycles. The molecule has 0 atom stereocenters. The Morgan fingerprint density at radius 1 is 0.931 bits per heavy atom. The van der Waals surface area contributed by atoms with Crippen molar-refractivity contribution in [3.05, 3.63) is 95.6 Å². The topological polar surface area (TPSA) is 83.7 Å². The minimum absolute atomic E-state index is 0.158. The number of carbonyl (C=O) groups is 1. The molecule has 1 N–H and O–H groups in total. The highest BCUT2D eigenvalue weighted by molar-refractivity contribution is 5.83. The second kappa shape index (κ2) is 10.3. The first-order chi connectivity index (χ1) is 14.2. The molecule has 0 aliphatic rings. The van der Waals surface area contributed by atoms with E-state index >= 15 is 0 Å². The van der Waals surface area contributed by atoms with Crippen molar-refractivity contribution in [2.24, 2.45) is 5.10 Å². The zero-order valence-corrected chi connectivity index (χ0v) is 15.6. The van der Waals surface area contributed by atoms with Gasteiger partial charge in [-0.1, -0.05) is 42.5 Å². The first-order valence-electron chi connectivity index (χ1n) is 8.94. The van der Waals surface area contributed by atoms with Crippen molar-refractivity contribution in [1.29, 1.82) is 5.26 Å². The summed E-state index contributed by atoms with van der Waals surface area (Å²) in [4.78, 5) is 11.8. The Morgan fingerprint density at radius 3 is 2.24 bits per heavy atom. The van der Waals surface area contributed by atoms with Crippen LogP contribution in [0.3, 0.4) is 0 Å². The second-order valence-electron chi connectivity index (χ2n) is 6.06. The number of hydrogen-bond acceptors (Lipinski definition) is 5. The zero-order valence-electron chi connectivity index (χ0n) is 15.6. The van der Waals surface area contributed by atoms with Crippen LogP contribution in [0.15, 0.2) is 84.0 Å². The highest BCUT2D eigenvalue weighted by Crippen LogP contribution is 2.18. The Morgan fingerprint density at radius 2 is 1.59 bits per heavy atom. The van der Waals surface area contributed by atoms with Crippen LogP contribution in [0.5, 0.6) is 11.5 Å². The number of nitrogens with one attached hydrogen (secondary N) is 1. The number of rotatable bonds is 8. The summed E-state index contributed by atoms with van der Waals surface area (Å²) in [5.74, 6) is 0.903. The number of nitrogens with zero attached hydrogens (tertiary/aromatic N) is 2. The highest BCUT2D eigenvalue weighted by Gasteiger charge is 2.02. The van der Waals surface area contributed by atoms with Gasteiger partial charge in [-0.15, -0.1) is 0 Å². The predicted molar refractivity (Wildman–Crippen MR) is 110 cm³/mol. The maximum absolute atomic E-state index is 11.8. The van der Waals surface area contributed by atoms with Crippen LogP contribution in [0, 0.1) is 11.3 Å². The summed E-state index contributed by atoms with van der Waals surface area (Å²) in [6, 6.07) is 25.9. The lowest BCUT2D eigenvalue weighted by molar-refractivity contribution is -0.123. The molecule has 3 aromatic rings. The van der Waals surface area contributed by atoms with E-state index in [2.05, 4.69) is 10.5 Å². The van der Waals surface area contributed by atoms with Gasteiger partial charge in [0.25, 0.3) is 5.91 Å². The standard InChI is InChI=1S/C23H19N3O3/c24-14-18-6-8-19(9-7-18)15-25-26-23(27)17-29-22-12-10-21(11-13-22)28-16-20-4-2-1-3-5-20/h1-13,15H,16-17H2,(H,26,27). The molecule has 0 aliphatic carbocycles. The van der Waals surface area contributed by atoms with E-state index in [1.54, 1.807) is 48.5 Å². The summed E-state index contributed by atoms with van der Waals surface area (Å²) in [5.41, 5.74) is 4.82. The molecule has 0 saturated carbocycles. The molecule has 3 rings (SSSR count). The van der Waals surface area contributed by atoms with Crippen LogP contribution in [0.2, 0.25) is 0 Å². The van der Waals surface area contributed by atoms with Crippen molar-refractivity contribution < 1.29 is 14.3 Å². The van der Waals surface area contributed by atoms with Gasteiger partial charge >= 0.3 is 0 Å². The molecule has 144 valence electrons. The molecule has 3 aromatic carbocycles. The third-order valence-corrected chi connectivity index (χ3v) is 3.88. The van der Waals surface area contributed by atoms with Crippen LogP contribution in [-0.4, -0.2) is 18.7 Å². The maximum Gasteiger partial charge on any atom is 0.277 e. The molecular formula is C23H19N3O3. The molecule has 0 unspecified atom stereocenters. The van der Waals surface area contributed by atoms with Crippen LogP contribution in [-0.2, 0) is 11.4 Å². The van der Waals surface area contributed by atoms with Gasteiger partial charge in [0.15, 0.2) is 6.61 Å². The Bertz CT molecular complexity index is 992. The first kappa shape index (κ1) is 19.6. The van der Waals surface area contributed by atoms with Crippen LogP contribution in [0.4, 0.5) is 0 Å². The van der Waals surface area contributed by atoms with Crippen molar-refractivity contribution in [2.75, 3.05) is 6.61 Å². The first-order valence-corrected chi connectivity index (χ1v) is 8.94. The van der Waals surface area contributed by atoms with Gasteiger partial charge in [0.1, 0.15) is 18.1 Å². The smallest absolute Gasteiger partial charge is 0.277 e. The van der Waals surface area contributed by atoms with Gasteiger partial charge in [0, 0.05) is 0 Å². The zero-order chi connectivity index (χ0) is 20.3. The summed E-state index contributed by atoms with van der Waals surface area (Å²) in [5, 5.41) is 12.6. The molecule has 6 heteroatoms. The highest BCUT2D eigenvalue weighted by atomic mass is 16.5. The van der Waals surface area contributed by atoms with Gasteiger partial charge in [-0.2, -0.15) is 10.4 Å². The number of amides is 1. The van der Waals surface area contributed by atoms with Gasteiger partial charge < -0.3 is 9.47 Å². The van der Waals surface area contributed by atoms with Gasteiger partial charge in [-0.3, -0.25) is 4.79 Å². The van der Waals surface area contributed by atoms with Crippen molar-refractivity contribution in [3.63, 3.8) is 0 Å². The average molecular weight is 385 g/mol. The number of nitriles is 1. The van der Waals surface area contributed by atoms with Crippen molar-refractivity contribution in [3.8, 4) is 17.6 Å². The Labute approximate surface area is 169 Å². The van der Waals surface area contributed by atoms with E-state index in [-0.39, 0.29) is 12.5 Å². The van der Waals surface area contributed by atoms with Crippen LogP contribution in [0.1, 0.15) is 16.7 Å². The van der Waals surface area contributed by atoms with E-state index in [1.165, 1.54) is 6.21 Å². The van der Waals surface area contributed by atoms with Crippen molar-refractivity contribution in [1.82, 2.24) is 5.43 Å². The lowest BCUT2D eigenvalue weighted by Crippen LogP contribution is -2.24. The maximum atomic E-state index is 11.8. The van der Waals surface area contributed by atoms with E-state index in [1.807, 2.05) is 36.4 Å². The molecule has 6 nitrogen and oxygen atoms in total. The molecule has 1 amide bonds. The molecule has 0 radical (unpaired) electrons. The predicted octanol–water partition coefficient (Wildman–Crippen LogP) is 3.67. The van der Waals surface area contributed by atoms with Crippen LogP contribution >= 0.6 is 0 Å². The summed E-state index contributed by atoms with van der Waals surface area (Å²) in [6.45, 7) is 0.329. The van der Waals surface area contributed by atoms with Crippen LogP contribution < -0.4 is 14.9 Å². The average Bonchev–Trinajstić information content (AvgIpc) is 2.78. The van der Waals surface area contributed by atoms with Crippen molar-refractivity contribution in [2.45, 2.75) is 6.61 Å². The fourth-order valence-corrected chi connectivity index (χ4v) is 2.38. The molecule has 29 heavy (non-hydrogen) atoms. The normalized spacial score (nSPS) is 10.3. The summed E-state index contributed by atoms with van der Waals surface area (Å²) >= 11 is 0. The Balaban J connectivity index is 1.40. The monoisotopic (exact) mass is 385 g/mol. The molecular weight excluding hydrogens is 366 g/mol. The largest absolute Gasteiger partial charge is 0.489 e. The van der Waals surface area contributed by atoms with E-state index in [4.69, 9.17) is 14.7 Å². The van der Waals surface area contributed by atoms with Gasteiger partial charge in [-0.05, 0) is 47.5 Å². The number of benzene rings is 3. The SMILES string of the molecule is N#Cc1ccc(C=NNC(=O)COc2ccc(OCc3ccccc3)cc2)cc1. The molecule has 0 spiro atoms. The fourth-order valence-electron chi connectivity index (χ4n) is 2.38. The van der Waals surface area contributed by atoms with Gasteiger partial charge in [-0.25, -0.2) is 5.43 Å². The fraction of sp³-hybridized carbons (Fsp3) is 0.0870.